The normalized spacial score (nSPS) is 14.7. The van der Waals surface area contributed by atoms with Gasteiger partial charge in [0.2, 0.25) is 0 Å². The van der Waals surface area contributed by atoms with Crippen molar-refractivity contribution in [1.29, 1.82) is 0 Å². The molecule has 1 heterocycles. The number of rotatable bonds is 4. The Bertz CT molecular complexity index is 328. The van der Waals surface area contributed by atoms with E-state index in [9.17, 15) is 0 Å². The van der Waals surface area contributed by atoms with Gasteiger partial charge < -0.3 is 16.2 Å². The van der Waals surface area contributed by atoms with Crippen LogP contribution in [0.2, 0.25) is 0 Å². The predicted molar refractivity (Wildman–Crippen MR) is 62.7 cm³/mol. The number of anilines is 2. The van der Waals surface area contributed by atoms with Crippen molar-refractivity contribution in [3.63, 3.8) is 0 Å². The molecule has 0 aliphatic rings. The highest BCUT2D eigenvalue weighted by molar-refractivity contribution is 5.65. The van der Waals surface area contributed by atoms with E-state index in [1.165, 1.54) is 0 Å². The second-order valence-electron chi connectivity index (χ2n) is 3.98. The first kappa shape index (κ1) is 11.8. The molecule has 4 nitrogen and oxygen atoms in total. The average Bonchev–Trinajstić information content (AvgIpc) is 2.23. The average molecular weight is 209 g/mol. The number of hydrogen-bond acceptors (Lipinski definition) is 4. The molecule has 15 heavy (non-hydrogen) atoms. The van der Waals surface area contributed by atoms with Crippen LogP contribution in [0.15, 0.2) is 12.3 Å². The maximum Gasteiger partial charge on any atom is 0.149 e. The molecule has 0 amide bonds. The third-order valence-corrected chi connectivity index (χ3v) is 2.71. The number of hydrogen-bond donors (Lipinski definition) is 3. The lowest BCUT2D eigenvalue weighted by Gasteiger charge is -2.21. The van der Waals surface area contributed by atoms with E-state index in [-0.39, 0.29) is 18.6 Å². The second kappa shape index (κ2) is 4.98. The number of pyridine rings is 1. The molecule has 0 radical (unpaired) electrons. The Morgan fingerprint density at radius 2 is 2.20 bits per heavy atom. The van der Waals surface area contributed by atoms with E-state index in [1.54, 1.807) is 6.20 Å². The Kier molecular flexibility index (Phi) is 3.91. The van der Waals surface area contributed by atoms with Gasteiger partial charge in [-0.3, -0.25) is 0 Å². The van der Waals surface area contributed by atoms with Crippen molar-refractivity contribution in [1.82, 2.24) is 4.98 Å². The number of nitrogens with two attached hydrogens (primary N) is 1. The third kappa shape index (κ3) is 2.83. The lowest BCUT2D eigenvalue weighted by molar-refractivity contribution is 0.226. The van der Waals surface area contributed by atoms with Gasteiger partial charge in [-0.15, -0.1) is 0 Å². The first-order valence-corrected chi connectivity index (χ1v) is 5.14. The first-order chi connectivity index (χ1) is 7.06. The van der Waals surface area contributed by atoms with Crippen molar-refractivity contribution in [2.24, 2.45) is 5.92 Å². The second-order valence-corrected chi connectivity index (χ2v) is 3.98. The van der Waals surface area contributed by atoms with Gasteiger partial charge >= 0.3 is 0 Å². The fourth-order valence-corrected chi connectivity index (χ4v) is 1.20. The zero-order chi connectivity index (χ0) is 11.4. The molecule has 4 heteroatoms. The summed E-state index contributed by atoms with van der Waals surface area (Å²) in [5.74, 6) is 0.870. The van der Waals surface area contributed by atoms with Gasteiger partial charge in [0, 0.05) is 18.8 Å². The maximum absolute atomic E-state index is 9.02. The van der Waals surface area contributed by atoms with Crippen LogP contribution >= 0.6 is 0 Å². The largest absolute Gasteiger partial charge is 0.396 e. The topological polar surface area (TPSA) is 71.2 Å². The molecule has 1 aromatic rings. The molecule has 1 aromatic heterocycles. The van der Waals surface area contributed by atoms with Crippen LogP contribution in [0.4, 0.5) is 11.5 Å². The molecule has 2 atom stereocenters. The van der Waals surface area contributed by atoms with Gasteiger partial charge in [-0.05, 0) is 31.4 Å². The molecule has 0 spiro atoms. The minimum absolute atomic E-state index is 0.145. The molecule has 0 saturated heterocycles. The number of aliphatic hydroxyl groups is 1. The van der Waals surface area contributed by atoms with Gasteiger partial charge in [-0.1, -0.05) is 6.92 Å². The highest BCUT2D eigenvalue weighted by Gasteiger charge is 2.13. The molecule has 0 aliphatic heterocycles. The summed E-state index contributed by atoms with van der Waals surface area (Å²) in [6, 6.07) is 2.02. The standard InChI is InChI=1S/C11H19N3O/c1-7-4-5-13-11(10(7)12)14-9(3)8(2)6-15/h4-5,8-9,15H,6,12H2,1-3H3,(H,13,14). The lowest BCUT2D eigenvalue weighted by Crippen LogP contribution is -2.27. The van der Waals surface area contributed by atoms with Crippen molar-refractivity contribution in [2.75, 3.05) is 17.7 Å². The lowest BCUT2D eigenvalue weighted by atomic mass is 10.1. The van der Waals surface area contributed by atoms with Crippen LogP contribution in [0.25, 0.3) is 0 Å². The van der Waals surface area contributed by atoms with Gasteiger partial charge in [-0.25, -0.2) is 4.98 Å². The van der Waals surface area contributed by atoms with Gasteiger partial charge in [0.15, 0.2) is 0 Å². The molecule has 84 valence electrons. The molecule has 0 saturated carbocycles. The number of nitrogens with zero attached hydrogens (tertiary/aromatic N) is 1. The van der Waals surface area contributed by atoms with E-state index in [2.05, 4.69) is 10.3 Å². The Hall–Kier alpha value is -1.29. The summed E-state index contributed by atoms with van der Waals surface area (Å²) in [7, 11) is 0. The summed E-state index contributed by atoms with van der Waals surface area (Å²) in [6.07, 6.45) is 1.73. The molecule has 1 rings (SSSR count). The van der Waals surface area contributed by atoms with E-state index in [1.807, 2.05) is 26.8 Å². The van der Waals surface area contributed by atoms with Gasteiger partial charge in [-0.2, -0.15) is 0 Å². The minimum Gasteiger partial charge on any atom is -0.396 e. The fraction of sp³-hybridized carbons (Fsp3) is 0.545. The van der Waals surface area contributed by atoms with E-state index in [0.29, 0.717) is 11.5 Å². The van der Waals surface area contributed by atoms with E-state index >= 15 is 0 Å². The minimum atomic E-state index is 0.145. The van der Waals surface area contributed by atoms with Crippen LogP contribution in [0.3, 0.4) is 0 Å². The van der Waals surface area contributed by atoms with E-state index in [4.69, 9.17) is 10.8 Å². The molecular formula is C11H19N3O. The summed E-state index contributed by atoms with van der Waals surface area (Å²) >= 11 is 0. The number of nitrogen functional groups attached to an aromatic ring is 1. The monoisotopic (exact) mass is 209 g/mol. The molecule has 0 aromatic carbocycles. The Morgan fingerprint density at radius 1 is 1.53 bits per heavy atom. The zero-order valence-electron chi connectivity index (χ0n) is 9.49. The molecule has 0 bridgehead atoms. The van der Waals surface area contributed by atoms with Crippen molar-refractivity contribution < 1.29 is 5.11 Å². The molecule has 0 fully saturated rings. The van der Waals surface area contributed by atoms with Gasteiger partial charge in [0.25, 0.3) is 0 Å². The Balaban J connectivity index is 2.76. The van der Waals surface area contributed by atoms with E-state index < -0.39 is 0 Å². The molecule has 0 aliphatic carbocycles. The molecule has 2 unspecified atom stereocenters. The summed E-state index contributed by atoms with van der Waals surface area (Å²) < 4.78 is 0. The van der Waals surface area contributed by atoms with Crippen molar-refractivity contribution in [3.8, 4) is 0 Å². The van der Waals surface area contributed by atoms with Crippen LogP contribution in [0.1, 0.15) is 19.4 Å². The Labute approximate surface area is 90.5 Å². The van der Waals surface area contributed by atoms with Crippen LogP contribution in [-0.2, 0) is 0 Å². The van der Waals surface area contributed by atoms with Gasteiger partial charge in [0.1, 0.15) is 5.82 Å². The quantitative estimate of drug-likeness (QED) is 0.701. The van der Waals surface area contributed by atoms with Gasteiger partial charge in [0.05, 0.1) is 5.69 Å². The van der Waals surface area contributed by atoms with Crippen LogP contribution < -0.4 is 11.1 Å². The first-order valence-electron chi connectivity index (χ1n) is 5.14. The maximum atomic E-state index is 9.02. The predicted octanol–water partition coefficient (Wildman–Crippen LogP) is 1.40. The number of aryl methyl sites for hydroxylation is 1. The smallest absolute Gasteiger partial charge is 0.149 e. The molecule has 4 N–H and O–H groups in total. The molecular weight excluding hydrogens is 190 g/mol. The summed E-state index contributed by atoms with van der Waals surface area (Å²) in [6.45, 7) is 6.08. The summed E-state index contributed by atoms with van der Waals surface area (Å²) in [5.41, 5.74) is 7.57. The van der Waals surface area contributed by atoms with E-state index in [0.717, 1.165) is 5.56 Å². The van der Waals surface area contributed by atoms with Crippen molar-refractivity contribution in [2.45, 2.75) is 26.8 Å². The number of aromatic nitrogens is 1. The van der Waals surface area contributed by atoms with Crippen molar-refractivity contribution in [3.05, 3.63) is 17.8 Å². The Morgan fingerprint density at radius 3 is 2.80 bits per heavy atom. The third-order valence-electron chi connectivity index (χ3n) is 2.71. The highest BCUT2D eigenvalue weighted by atomic mass is 16.3. The van der Waals surface area contributed by atoms with Crippen LogP contribution in [0.5, 0.6) is 0 Å². The number of aliphatic hydroxyl groups excluding tert-OH is 1. The number of nitrogens with one attached hydrogen (secondary N) is 1. The SMILES string of the molecule is Cc1ccnc(NC(C)C(C)CO)c1N. The summed E-state index contributed by atoms with van der Waals surface area (Å²) in [5, 5.41) is 12.2. The fourth-order valence-electron chi connectivity index (χ4n) is 1.20. The van der Waals surface area contributed by atoms with Crippen molar-refractivity contribution >= 4 is 11.5 Å². The van der Waals surface area contributed by atoms with Crippen LogP contribution in [-0.4, -0.2) is 22.7 Å². The van der Waals surface area contributed by atoms with Crippen LogP contribution in [0, 0.1) is 12.8 Å². The summed E-state index contributed by atoms with van der Waals surface area (Å²) in [4.78, 5) is 4.18. The highest BCUT2D eigenvalue weighted by Crippen LogP contribution is 2.20. The zero-order valence-corrected chi connectivity index (χ0v) is 9.49.